The molecule has 0 aliphatic heterocycles. The van der Waals surface area contributed by atoms with Gasteiger partial charge in [-0.1, -0.05) is 0 Å². The molecule has 0 radical (unpaired) electrons. The number of aromatic nitrogens is 1. The first kappa shape index (κ1) is 12.7. The van der Waals surface area contributed by atoms with Crippen LogP contribution >= 0.6 is 0 Å². The third-order valence-corrected chi connectivity index (χ3v) is 1.83. The number of hydrogen-bond acceptors (Lipinski definition) is 5. The monoisotopic (exact) mass is 234 g/mol. The molecule has 1 heterocycles. The van der Waals surface area contributed by atoms with Gasteiger partial charge in [0, 0.05) is 12.4 Å². The molecule has 1 rings (SSSR count). The average molecular weight is 234 g/mol. The summed E-state index contributed by atoms with van der Waals surface area (Å²) < 4.78 is 4.79. The van der Waals surface area contributed by atoms with Crippen LogP contribution in [-0.4, -0.2) is 23.4 Å². The van der Waals surface area contributed by atoms with Gasteiger partial charge in [0.05, 0.1) is 18.5 Å². The van der Waals surface area contributed by atoms with Crippen molar-refractivity contribution in [2.24, 2.45) is 16.5 Å². The fourth-order valence-corrected chi connectivity index (χ4v) is 1.09. The molecule has 1 aromatic heterocycles. The van der Waals surface area contributed by atoms with Crippen LogP contribution in [0.2, 0.25) is 0 Å². The molecule has 0 aromatic carbocycles. The number of carbonyl (C=O) groups is 1. The van der Waals surface area contributed by atoms with E-state index in [0.717, 1.165) is 6.20 Å². The van der Waals surface area contributed by atoms with Crippen molar-refractivity contribution in [1.82, 2.24) is 4.98 Å². The van der Waals surface area contributed by atoms with Gasteiger partial charge in [-0.15, -0.1) is 0 Å². The molecule has 0 aliphatic carbocycles. The van der Waals surface area contributed by atoms with E-state index >= 15 is 0 Å². The van der Waals surface area contributed by atoms with Gasteiger partial charge in [0.1, 0.15) is 11.4 Å². The number of pyridine rings is 1. The first-order valence-electron chi connectivity index (χ1n) is 5.02. The van der Waals surface area contributed by atoms with E-state index < -0.39 is 5.97 Å². The van der Waals surface area contributed by atoms with Gasteiger partial charge < -0.3 is 16.2 Å². The van der Waals surface area contributed by atoms with Gasteiger partial charge in [-0.3, -0.25) is 4.98 Å². The molecule has 0 spiro atoms. The Morgan fingerprint density at radius 2 is 2.41 bits per heavy atom. The fourth-order valence-electron chi connectivity index (χ4n) is 1.09. The number of nitrogens with two attached hydrogens (primary N) is 2. The van der Waals surface area contributed by atoms with E-state index in [1.807, 2.05) is 0 Å². The number of esters is 1. The second-order valence-electron chi connectivity index (χ2n) is 3.01. The summed E-state index contributed by atoms with van der Waals surface area (Å²) in [5.41, 5.74) is 11.6. The summed E-state index contributed by atoms with van der Waals surface area (Å²) in [6, 6.07) is 3.42. The number of rotatable bonds is 4. The van der Waals surface area contributed by atoms with Crippen LogP contribution in [0, 0.1) is 0 Å². The van der Waals surface area contributed by atoms with E-state index in [9.17, 15) is 4.79 Å². The predicted octanol–water partition coefficient (Wildman–Crippen LogP) is 0.476. The van der Waals surface area contributed by atoms with Crippen LogP contribution in [0.4, 0.5) is 5.69 Å². The van der Waals surface area contributed by atoms with Crippen LogP contribution < -0.4 is 11.5 Å². The van der Waals surface area contributed by atoms with Gasteiger partial charge >= 0.3 is 5.97 Å². The maximum Gasteiger partial charge on any atom is 0.343 e. The number of ether oxygens (including phenoxy) is 1. The molecule has 0 amide bonds. The normalized spacial score (nSPS) is 12.3. The summed E-state index contributed by atoms with van der Waals surface area (Å²) in [4.78, 5) is 19.3. The highest BCUT2D eigenvalue weighted by Gasteiger charge is 2.14. The van der Waals surface area contributed by atoms with Gasteiger partial charge in [0.15, 0.2) is 0 Å². The molecule has 0 atom stereocenters. The molecule has 0 saturated heterocycles. The van der Waals surface area contributed by atoms with E-state index in [4.69, 9.17) is 16.2 Å². The summed E-state index contributed by atoms with van der Waals surface area (Å²) in [6.45, 7) is 1.94. The summed E-state index contributed by atoms with van der Waals surface area (Å²) in [7, 11) is 0. The van der Waals surface area contributed by atoms with Crippen molar-refractivity contribution in [2.75, 3.05) is 6.61 Å². The molecule has 0 bridgehead atoms. The van der Waals surface area contributed by atoms with Crippen molar-refractivity contribution in [3.05, 3.63) is 36.3 Å². The van der Waals surface area contributed by atoms with Crippen molar-refractivity contribution in [1.29, 1.82) is 0 Å². The number of carbonyl (C=O) groups excluding carboxylic acids is 1. The zero-order chi connectivity index (χ0) is 12.7. The Morgan fingerprint density at radius 1 is 1.65 bits per heavy atom. The highest BCUT2D eigenvalue weighted by Crippen LogP contribution is 2.09. The molecule has 0 aliphatic rings. The molecule has 6 nitrogen and oxygen atoms in total. The van der Waals surface area contributed by atoms with E-state index in [1.54, 1.807) is 25.3 Å². The molecular weight excluding hydrogens is 220 g/mol. The molecule has 0 unspecified atom stereocenters. The van der Waals surface area contributed by atoms with Gasteiger partial charge in [-0.05, 0) is 19.1 Å². The van der Waals surface area contributed by atoms with Crippen molar-refractivity contribution in [3.63, 3.8) is 0 Å². The van der Waals surface area contributed by atoms with Crippen molar-refractivity contribution in [2.45, 2.75) is 6.92 Å². The maximum atomic E-state index is 11.5. The van der Waals surface area contributed by atoms with Crippen LogP contribution in [0.3, 0.4) is 0 Å². The lowest BCUT2D eigenvalue weighted by Gasteiger charge is -2.05. The van der Waals surface area contributed by atoms with Crippen molar-refractivity contribution in [3.8, 4) is 0 Å². The minimum Gasteiger partial charge on any atom is -0.462 e. The van der Waals surface area contributed by atoms with Crippen molar-refractivity contribution < 1.29 is 9.53 Å². The third kappa shape index (κ3) is 3.60. The second-order valence-corrected chi connectivity index (χ2v) is 3.01. The number of aliphatic imine (C=N–C) groups is 1. The fraction of sp³-hybridized carbons (Fsp3) is 0.182. The standard InChI is InChI=1S/C11H14N4O2/c1-2-17-11(16)9(6-12)10(13)15-8-4-3-5-14-7-8/h3-7H,2,12H2,1H3,(H2,13,15)/b9-6+. The Kier molecular flexibility index (Phi) is 4.68. The Hall–Kier alpha value is -2.37. The lowest BCUT2D eigenvalue weighted by molar-refractivity contribution is -0.137. The Balaban J connectivity index is 2.91. The zero-order valence-electron chi connectivity index (χ0n) is 9.46. The topological polar surface area (TPSA) is 104 Å². The molecule has 90 valence electrons. The summed E-state index contributed by atoms with van der Waals surface area (Å²) in [5.74, 6) is -0.598. The molecule has 0 fully saturated rings. The van der Waals surface area contributed by atoms with Gasteiger partial charge in [-0.25, -0.2) is 9.79 Å². The third-order valence-electron chi connectivity index (χ3n) is 1.83. The predicted molar refractivity (Wildman–Crippen MR) is 64.4 cm³/mol. The minimum atomic E-state index is -0.597. The van der Waals surface area contributed by atoms with Crippen LogP contribution in [-0.2, 0) is 9.53 Å². The summed E-state index contributed by atoms with van der Waals surface area (Å²) in [6.07, 6.45) is 4.21. The SMILES string of the molecule is CCOC(=O)/C(=C/N)C(N)=Nc1cccnc1. The zero-order valence-corrected chi connectivity index (χ0v) is 9.46. The average Bonchev–Trinajstić information content (AvgIpc) is 2.31. The quantitative estimate of drug-likeness (QED) is 0.341. The van der Waals surface area contributed by atoms with Crippen molar-refractivity contribution >= 4 is 17.5 Å². The van der Waals surface area contributed by atoms with E-state index in [0.29, 0.717) is 5.69 Å². The maximum absolute atomic E-state index is 11.5. The lowest BCUT2D eigenvalue weighted by atomic mass is 10.2. The Labute approximate surface area is 99.0 Å². The molecule has 17 heavy (non-hydrogen) atoms. The lowest BCUT2D eigenvalue weighted by Crippen LogP contribution is -2.24. The van der Waals surface area contributed by atoms with Gasteiger partial charge in [-0.2, -0.15) is 0 Å². The second kappa shape index (κ2) is 6.26. The first-order chi connectivity index (χ1) is 8.19. The van der Waals surface area contributed by atoms with Crippen LogP contribution in [0.1, 0.15) is 6.92 Å². The smallest absolute Gasteiger partial charge is 0.343 e. The van der Waals surface area contributed by atoms with E-state index in [2.05, 4.69) is 9.98 Å². The summed E-state index contributed by atoms with van der Waals surface area (Å²) in [5, 5.41) is 0. The van der Waals surface area contributed by atoms with Gasteiger partial charge in [0.2, 0.25) is 0 Å². The molecule has 6 heteroatoms. The Morgan fingerprint density at radius 3 is 2.94 bits per heavy atom. The van der Waals surface area contributed by atoms with E-state index in [-0.39, 0.29) is 18.0 Å². The van der Waals surface area contributed by atoms with Crippen LogP contribution in [0.25, 0.3) is 0 Å². The molecular formula is C11H14N4O2. The molecule has 0 saturated carbocycles. The van der Waals surface area contributed by atoms with Crippen LogP contribution in [0.5, 0.6) is 0 Å². The minimum absolute atomic E-state index is 0.000972. The first-order valence-corrected chi connectivity index (χ1v) is 5.02. The molecule has 4 N–H and O–H groups in total. The summed E-state index contributed by atoms with van der Waals surface area (Å²) >= 11 is 0. The molecule has 1 aromatic rings. The Bertz CT molecular complexity index is 440. The number of amidine groups is 1. The van der Waals surface area contributed by atoms with Gasteiger partial charge in [0.25, 0.3) is 0 Å². The number of hydrogen-bond donors (Lipinski definition) is 2. The van der Waals surface area contributed by atoms with Crippen LogP contribution in [0.15, 0.2) is 41.3 Å². The van der Waals surface area contributed by atoms with E-state index in [1.165, 1.54) is 6.20 Å². The highest BCUT2D eigenvalue weighted by molar-refractivity contribution is 6.18. The number of nitrogens with zero attached hydrogens (tertiary/aromatic N) is 2. The largest absolute Gasteiger partial charge is 0.462 e. The highest BCUT2D eigenvalue weighted by atomic mass is 16.5.